The molecule has 1 aliphatic rings. The molecule has 1 aliphatic carbocycles. The van der Waals surface area contributed by atoms with E-state index in [9.17, 15) is 10.1 Å². The van der Waals surface area contributed by atoms with E-state index in [1.54, 1.807) is 0 Å². The molecule has 1 aromatic carbocycles. The van der Waals surface area contributed by atoms with Crippen molar-refractivity contribution in [3.63, 3.8) is 0 Å². The van der Waals surface area contributed by atoms with Crippen LogP contribution >= 0.6 is 0 Å². The Kier molecular flexibility index (Phi) is 3.90. The van der Waals surface area contributed by atoms with E-state index in [4.69, 9.17) is 0 Å². The van der Waals surface area contributed by atoms with Crippen LogP contribution in [0, 0.1) is 25.2 Å². The minimum absolute atomic E-state index is 0.0493. The minimum atomic E-state index is -0.614. The van der Waals surface area contributed by atoms with Crippen LogP contribution < -0.4 is 5.32 Å². The normalized spacial score (nSPS) is 16.9. The van der Waals surface area contributed by atoms with Gasteiger partial charge in [-0.3, -0.25) is 4.79 Å². The number of hydrogen-bond donors (Lipinski definition) is 1. The summed E-state index contributed by atoms with van der Waals surface area (Å²) in [5.74, 6) is -0.0493. The Morgan fingerprint density at radius 3 is 2.58 bits per heavy atom. The highest BCUT2D eigenvalue weighted by molar-refractivity contribution is 5.80. The molecule has 1 aromatic rings. The van der Waals surface area contributed by atoms with Gasteiger partial charge >= 0.3 is 0 Å². The summed E-state index contributed by atoms with van der Waals surface area (Å²) in [5, 5.41) is 12.2. The third-order valence-corrected chi connectivity index (χ3v) is 3.99. The Hall–Kier alpha value is -1.82. The van der Waals surface area contributed by atoms with Crippen LogP contribution in [0.25, 0.3) is 0 Å². The van der Waals surface area contributed by atoms with Gasteiger partial charge in [-0.2, -0.15) is 5.26 Å². The van der Waals surface area contributed by atoms with Crippen molar-refractivity contribution in [2.24, 2.45) is 0 Å². The molecule has 1 N–H and O–H groups in total. The largest absolute Gasteiger partial charge is 0.338 e. The van der Waals surface area contributed by atoms with Gasteiger partial charge in [0.15, 0.2) is 0 Å². The highest BCUT2D eigenvalue weighted by Crippen LogP contribution is 2.28. The van der Waals surface area contributed by atoms with Crippen molar-refractivity contribution in [1.82, 2.24) is 5.32 Å². The van der Waals surface area contributed by atoms with Crippen molar-refractivity contribution in [1.29, 1.82) is 5.26 Å². The first-order valence-electron chi connectivity index (χ1n) is 6.83. The molecule has 19 heavy (non-hydrogen) atoms. The maximum absolute atomic E-state index is 12.1. The van der Waals surface area contributed by atoms with Crippen LogP contribution in [0.2, 0.25) is 0 Å². The van der Waals surface area contributed by atoms with Gasteiger partial charge in [0.2, 0.25) is 5.91 Å². The van der Waals surface area contributed by atoms with Gasteiger partial charge in [0, 0.05) is 0 Å². The van der Waals surface area contributed by atoms with Crippen LogP contribution in [-0.2, 0) is 11.2 Å². The Morgan fingerprint density at radius 2 is 2.00 bits per heavy atom. The molecule has 0 unspecified atom stereocenters. The Labute approximate surface area is 114 Å². The molecule has 3 nitrogen and oxygen atoms in total. The average molecular weight is 256 g/mol. The van der Waals surface area contributed by atoms with E-state index in [0.29, 0.717) is 6.42 Å². The number of nitrogens with one attached hydrogen (secondary N) is 1. The van der Waals surface area contributed by atoms with E-state index >= 15 is 0 Å². The number of nitriles is 1. The van der Waals surface area contributed by atoms with Crippen molar-refractivity contribution < 1.29 is 4.79 Å². The zero-order valence-corrected chi connectivity index (χ0v) is 11.6. The third kappa shape index (κ3) is 3.14. The van der Waals surface area contributed by atoms with Gasteiger partial charge in [-0.1, -0.05) is 18.2 Å². The molecule has 1 amide bonds. The van der Waals surface area contributed by atoms with E-state index in [-0.39, 0.29) is 5.91 Å². The quantitative estimate of drug-likeness (QED) is 0.904. The maximum Gasteiger partial charge on any atom is 0.225 e. The average Bonchev–Trinajstić information content (AvgIpc) is 2.83. The molecule has 0 spiro atoms. The molecule has 0 radical (unpaired) electrons. The monoisotopic (exact) mass is 256 g/mol. The lowest BCUT2D eigenvalue weighted by Crippen LogP contribution is -2.45. The summed E-state index contributed by atoms with van der Waals surface area (Å²) in [5.41, 5.74) is 2.82. The molecular weight excluding hydrogens is 236 g/mol. The number of nitrogens with zero attached hydrogens (tertiary/aromatic N) is 1. The van der Waals surface area contributed by atoms with Gasteiger partial charge < -0.3 is 5.32 Å². The molecule has 0 atom stereocenters. The third-order valence-electron chi connectivity index (χ3n) is 3.99. The van der Waals surface area contributed by atoms with Crippen molar-refractivity contribution in [2.75, 3.05) is 0 Å². The minimum Gasteiger partial charge on any atom is -0.338 e. The highest BCUT2D eigenvalue weighted by Gasteiger charge is 2.35. The van der Waals surface area contributed by atoms with Crippen LogP contribution in [0.5, 0.6) is 0 Å². The second kappa shape index (κ2) is 5.44. The van der Waals surface area contributed by atoms with Gasteiger partial charge in [-0.05, 0) is 56.2 Å². The standard InChI is InChI=1S/C16H20N2O/c1-12-5-6-14(9-13(12)2)10-15(19)18-16(11-17)7-3-4-8-16/h5-6,9H,3-4,7-8,10H2,1-2H3,(H,18,19). The fourth-order valence-corrected chi connectivity index (χ4v) is 2.65. The molecule has 3 heteroatoms. The topological polar surface area (TPSA) is 52.9 Å². The summed E-state index contributed by atoms with van der Waals surface area (Å²) in [6, 6.07) is 8.34. The molecule has 0 aromatic heterocycles. The van der Waals surface area contributed by atoms with Crippen LogP contribution in [0.4, 0.5) is 0 Å². The predicted octanol–water partition coefficient (Wildman–Crippen LogP) is 2.80. The maximum atomic E-state index is 12.1. The number of benzene rings is 1. The number of carbonyl (C=O) groups excluding carboxylic acids is 1. The summed E-state index contributed by atoms with van der Waals surface area (Å²) >= 11 is 0. The van der Waals surface area contributed by atoms with E-state index in [1.807, 2.05) is 25.1 Å². The second-order valence-electron chi connectivity index (χ2n) is 5.54. The first-order valence-corrected chi connectivity index (χ1v) is 6.83. The number of amides is 1. The highest BCUT2D eigenvalue weighted by atomic mass is 16.1. The van der Waals surface area contributed by atoms with Gasteiger partial charge in [0.25, 0.3) is 0 Å². The lowest BCUT2D eigenvalue weighted by Gasteiger charge is -2.22. The molecule has 100 valence electrons. The summed E-state index contributed by atoms with van der Waals surface area (Å²) in [4.78, 5) is 12.1. The molecule has 0 aliphatic heterocycles. The number of aryl methyl sites for hydroxylation is 2. The second-order valence-corrected chi connectivity index (χ2v) is 5.54. The van der Waals surface area contributed by atoms with Gasteiger partial charge in [-0.15, -0.1) is 0 Å². The van der Waals surface area contributed by atoms with Gasteiger partial charge in [0.1, 0.15) is 5.54 Å². The fraction of sp³-hybridized carbons (Fsp3) is 0.500. The number of hydrogen-bond acceptors (Lipinski definition) is 2. The summed E-state index contributed by atoms with van der Waals surface area (Å²) in [7, 11) is 0. The summed E-state index contributed by atoms with van der Waals surface area (Å²) in [6.45, 7) is 4.10. The molecule has 0 saturated heterocycles. The van der Waals surface area contributed by atoms with Crippen LogP contribution in [-0.4, -0.2) is 11.4 Å². The number of rotatable bonds is 3. The predicted molar refractivity (Wildman–Crippen MR) is 74.6 cm³/mol. The van der Waals surface area contributed by atoms with Crippen LogP contribution in [0.15, 0.2) is 18.2 Å². The molecule has 0 heterocycles. The Balaban J connectivity index is 2.01. The van der Waals surface area contributed by atoms with Crippen molar-refractivity contribution in [3.8, 4) is 6.07 Å². The van der Waals surface area contributed by atoms with Crippen LogP contribution in [0.1, 0.15) is 42.4 Å². The summed E-state index contributed by atoms with van der Waals surface area (Å²) in [6.07, 6.45) is 3.96. The van der Waals surface area contributed by atoms with E-state index in [1.165, 1.54) is 11.1 Å². The zero-order chi connectivity index (χ0) is 13.9. The van der Waals surface area contributed by atoms with Crippen molar-refractivity contribution >= 4 is 5.91 Å². The van der Waals surface area contributed by atoms with E-state index < -0.39 is 5.54 Å². The SMILES string of the molecule is Cc1ccc(CC(=O)NC2(C#N)CCCC2)cc1C. The fourth-order valence-electron chi connectivity index (χ4n) is 2.65. The lowest BCUT2D eigenvalue weighted by molar-refractivity contribution is -0.121. The molecule has 1 fully saturated rings. The molecular formula is C16H20N2O. The number of carbonyl (C=O) groups is 1. The Bertz CT molecular complexity index is 522. The van der Waals surface area contributed by atoms with Crippen LogP contribution in [0.3, 0.4) is 0 Å². The lowest BCUT2D eigenvalue weighted by atomic mass is 9.98. The molecule has 1 saturated carbocycles. The molecule has 0 bridgehead atoms. The van der Waals surface area contributed by atoms with E-state index in [2.05, 4.69) is 18.3 Å². The Morgan fingerprint density at radius 1 is 1.32 bits per heavy atom. The first kappa shape index (κ1) is 13.6. The van der Waals surface area contributed by atoms with Crippen molar-refractivity contribution in [2.45, 2.75) is 51.5 Å². The van der Waals surface area contributed by atoms with E-state index in [0.717, 1.165) is 31.2 Å². The molecule has 2 rings (SSSR count). The van der Waals surface area contributed by atoms with Crippen molar-refractivity contribution in [3.05, 3.63) is 34.9 Å². The zero-order valence-electron chi connectivity index (χ0n) is 11.6. The smallest absolute Gasteiger partial charge is 0.225 e. The van der Waals surface area contributed by atoms with Gasteiger partial charge in [0.05, 0.1) is 12.5 Å². The first-order chi connectivity index (χ1) is 9.04. The summed E-state index contributed by atoms with van der Waals surface area (Å²) < 4.78 is 0. The van der Waals surface area contributed by atoms with Gasteiger partial charge in [-0.25, -0.2) is 0 Å².